The molecule has 1 fully saturated rings. The van der Waals surface area contributed by atoms with Gasteiger partial charge in [0.05, 0.1) is 0 Å². The number of amides is 1. The third-order valence-electron chi connectivity index (χ3n) is 3.24. The molecule has 2 N–H and O–H groups in total. The topological polar surface area (TPSA) is 66.4 Å². The molecule has 1 saturated carbocycles. The highest BCUT2D eigenvalue weighted by Crippen LogP contribution is 2.48. The lowest BCUT2D eigenvalue weighted by atomic mass is 10.1. The SMILES string of the molecule is C[C@@H](NC(=O)C1CC1c1cccc(F)c1F)C(=O)O. The molecular formula is C13H13F2NO3. The fourth-order valence-corrected chi connectivity index (χ4v) is 2.02. The molecule has 4 nitrogen and oxygen atoms in total. The number of carbonyl (C=O) groups excluding carboxylic acids is 1. The van der Waals surface area contributed by atoms with E-state index in [1.807, 2.05) is 0 Å². The molecule has 2 rings (SSSR count). The molecule has 1 aliphatic carbocycles. The van der Waals surface area contributed by atoms with Crippen LogP contribution in [0.15, 0.2) is 18.2 Å². The number of hydrogen-bond donors (Lipinski definition) is 2. The minimum absolute atomic E-state index is 0.170. The van der Waals surface area contributed by atoms with E-state index in [0.717, 1.165) is 6.07 Å². The Morgan fingerprint density at radius 2 is 2.11 bits per heavy atom. The van der Waals surface area contributed by atoms with E-state index >= 15 is 0 Å². The summed E-state index contributed by atoms with van der Waals surface area (Å²) in [6.45, 7) is 1.35. The predicted molar refractivity (Wildman–Crippen MR) is 62.4 cm³/mol. The Bertz CT molecular complexity index is 533. The van der Waals surface area contributed by atoms with Gasteiger partial charge in [-0.25, -0.2) is 8.78 Å². The Kier molecular flexibility index (Phi) is 3.50. The van der Waals surface area contributed by atoms with Crippen LogP contribution in [0.3, 0.4) is 0 Å². The second kappa shape index (κ2) is 4.95. The summed E-state index contributed by atoms with van der Waals surface area (Å²) in [5.74, 6) is -4.32. The average molecular weight is 269 g/mol. The summed E-state index contributed by atoms with van der Waals surface area (Å²) in [5, 5.41) is 11.0. The molecule has 1 aliphatic rings. The number of rotatable bonds is 4. The number of carboxylic acids is 1. The Morgan fingerprint density at radius 1 is 1.42 bits per heavy atom. The summed E-state index contributed by atoms with van der Waals surface area (Å²) in [5.41, 5.74) is 0.170. The molecule has 0 radical (unpaired) electrons. The van der Waals surface area contributed by atoms with E-state index in [1.54, 1.807) is 0 Å². The monoisotopic (exact) mass is 269 g/mol. The van der Waals surface area contributed by atoms with Crippen LogP contribution in [0.4, 0.5) is 8.78 Å². The molecule has 1 amide bonds. The molecule has 2 unspecified atom stereocenters. The number of hydrogen-bond acceptors (Lipinski definition) is 2. The summed E-state index contributed by atoms with van der Waals surface area (Å²) >= 11 is 0. The van der Waals surface area contributed by atoms with E-state index in [9.17, 15) is 18.4 Å². The number of aliphatic carboxylic acids is 1. The highest BCUT2D eigenvalue weighted by Gasteiger charge is 2.46. The lowest BCUT2D eigenvalue weighted by Gasteiger charge is -2.09. The maximum absolute atomic E-state index is 13.5. The zero-order chi connectivity index (χ0) is 14.2. The van der Waals surface area contributed by atoms with Crippen molar-refractivity contribution >= 4 is 11.9 Å². The molecule has 0 aliphatic heterocycles. The molecule has 0 bridgehead atoms. The van der Waals surface area contributed by atoms with Gasteiger partial charge in [0.15, 0.2) is 11.6 Å². The van der Waals surface area contributed by atoms with Crippen LogP contribution in [0.25, 0.3) is 0 Å². The van der Waals surface area contributed by atoms with E-state index in [1.165, 1.54) is 19.1 Å². The Balaban J connectivity index is 2.03. The van der Waals surface area contributed by atoms with Crippen LogP contribution in [0, 0.1) is 17.6 Å². The van der Waals surface area contributed by atoms with E-state index < -0.39 is 35.5 Å². The van der Waals surface area contributed by atoms with Gasteiger partial charge in [0.1, 0.15) is 6.04 Å². The summed E-state index contributed by atoms with van der Waals surface area (Å²) < 4.78 is 26.6. The minimum Gasteiger partial charge on any atom is -0.480 e. The lowest BCUT2D eigenvalue weighted by Crippen LogP contribution is -2.39. The smallest absolute Gasteiger partial charge is 0.325 e. The summed E-state index contributed by atoms with van der Waals surface area (Å²) in [7, 11) is 0. The fraction of sp³-hybridized carbons (Fsp3) is 0.385. The molecule has 102 valence electrons. The van der Waals surface area contributed by atoms with Crippen molar-refractivity contribution in [3.8, 4) is 0 Å². The molecule has 6 heteroatoms. The number of nitrogens with one attached hydrogen (secondary N) is 1. The van der Waals surface area contributed by atoms with Crippen LogP contribution >= 0.6 is 0 Å². The molecular weight excluding hydrogens is 256 g/mol. The molecule has 0 aromatic heterocycles. The average Bonchev–Trinajstić information content (AvgIpc) is 3.12. The molecule has 0 saturated heterocycles. The quantitative estimate of drug-likeness (QED) is 0.873. The first-order valence-electron chi connectivity index (χ1n) is 5.89. The molecule has 0 spiro atoms. The maximum Gasteiger partial charge on any atom is 0.325 e. The second-order valence-corrected chi connectivity index (χ2v) is 4.66. The largest absolute Gasteiger partial charge is 0.480 e. The summed E-state index contributed by atoms with van der Waals surface area (Å²) in [6, 6.07) is 2.85. The van der Waals surface area contributed by atoms with Gasteiger partial charge in [0.2, 0.25) is 5.91 Å². The van der Waals surface area contributed by atoms with Crippen LogP contribution in [-0.4, -0.2) is 23.0 Å². The zero-order valence-corrected chi connectivity index (χ0v) is 10.2. The highest BCUT2D eigenvalue weighted by molar-refractivity contribution is 5.87. The van der Waals surface area contributed by atoms with Gasteiger partial charge in [-0.05, 0) is 30.9 Å². The number of carbonyl (C=O) groups is 2. The number of benzene rings is 1. The summed E-state index contributed by atoms with van der Waals surface area (Å²) in [4.78, 5) is 22.3. The number of halogens is 2. The van der Waals surface area contributed by atoms with Gasteiger partial charge < -0.3 is 10.4 Å². The van der Waals surface area contributed by atoms with Crippen molar-refractivity contribution in [3.05, 3.63) is 35.4 Å². The third-order valence-corrected chi connectivity index (χ3v) is 3.24. The van der Waals surface area contributed by atoms with Crippen molar-refractivity contribution in [1.29, 1.82) is 0 Å². The zero-order valence-electron chi connectivity index (χ0n) is 10.2. The van der Waals surface area contributed by atoms with Crippen LogP contribution in [0.5, 0.6) is 0 Å². The molecule has 3 atom stereocenters. The van der Waals surface area contributed by atoms with Crippen LogP contribution in [0.1, 0.15) is 24.8 Å². The minimum atomic E-state index is -1.14. The second-order valence-electron chi connectivity index (χ2n) is 4.66. The first-order chi connectivity index (χ1) is 8.91. The van der Waals surface area contributed by atoms with Crippen molar-refractivity contribution < 1.29 is 23.5 Å². The van der Waals surface area contributed by atoms with Crippen molar-refractivity contribution in [2.45, 2.75) is 25.3 Å². The summed E-state index contributed by atoms with van der Waals surface area (Å²) in [6.07, 6.45) is 0.401. The van der Waals surface area contributed by atoms with Gasteiger partial charge in [-0.3, -0.25) is 9.59 Å². The molecule has 1 aromatic carbocycles. The van der Waals surface area contributed by atoms with Crippen molar-refractivity contribution in [3.63, 3.8) is 0 Å². The predicted octanol–water partition coefficient (Wildman–Crippen LogP) is 1.66. The van der Waals surface area contributed by atoms with Crippen molar-refractivity contribution in [2.24, 2.45) is 5.92 Å². The third kappa shape index (κ3) is 2.72. The van der Waals surface area contributed by atoms with Crippen molar-refractivity contribution in [2.75, 3.05) is 0 Å². The van der Waals surface area contributed by atoms with E-state index in [0.29, 0.717) is 6.42 Å². The first-order valence-corrected chi connectivity index (χ1v) is 5.89. The van der Waals surface area contributed by atoms with Crippen molar-refractivity contribution in [1.82, 2.24) is 5.32 Å². The van der Waals surface area contributed by atoms with E-state index in [2.05, 4.69) is 5.32 Å². The lowest BCUT2D eigenvalue weighted by molar-refractivity contribution is -0.141. The van der Waals surface area contributed by atoms with Crippen LogP contribution in [0.2, 0.25) is 0 Å². The highest BCUT2D eigenvalue weighted by atomic mass is 19.2. The van der Waals surface area contributed by atoms with Gasteiger partial charge in [-0.2, -0.15) is 0 Å². The van der Waals surface area contributed by atoms with Gasteiger partial charge in [-0.15, -0.1) is 0 Å². The van der Waals surface area contributed by atoms with Gasteiger partial charge in [0.25, 0.3) is 0 Å². The van der Waals surface area contributed by atoms with Gasteiger partial charge in [-0.1, -0.05) is 12.1 Å². The Hall–Kier alpha value is -1.98. The first kappa shape index (κ1) is 13.5. The molecule has 0 heterocycles. The molecule has 19 heavy (non-hydrogen) atoms. The molecule has 1 aromatic rings. The van der Waals surface area contributed by atoms with Crippen LogP contribution in [-0.2, 0) is 9.59 Å². The standard InChI is InChI=1S/C13H13F2NO3/c1-6(13(18)19)16-12(17)9-5-8(9)7-3-2-4-10(14)11(7)15/h2-4,6,8-9H,5H2,1H3,(H,16,17)(H,18,19)/t6-,8?,9?/m1/s1. The van der Waals surface area contributed by atoms with E-state index in [-0.39, 0.29) is 11.5 Å². The van der Waals surface area contributed by atoms with Gasteiger partial charge in [0, 0.05) is 5.92 Å². The normalized spacial score (nSPS) is 22.7. The fourth-order valence-electron chi connectivity index (χ4n) is 2.02. The Labute approximate surface area is 108 Å². The Morgan fingerprint density at radius 3 is 2.74 bits per heavy atom. The number of carboxylic acid groups (broad SMARTS) is 1. The maximum atomic E-state index is 13.5. The van der Waals surface area contributed by atoms with Crippen LogP contribution < -0.4 is 5.32 Å². The van der Waals surface area contributed by atoms with Gasteiger partial charge >= 0.3 is 5.97 Å². The van der Waals surface area contributed by atoms with E-state index in [4.69, 9.17) is 5.11 Å².